The Morgan fingerprint density at radius 2 is 1.44 bits per heavy atom. The molecule has 2 atom stereocenters. The standard InChI is InChI=1S/C34H41F3O2/c1-3-5-6-7-8-9-21-38-32-20-19-30(33(36)34(32)37)25-13-11-24(12-14-25)29-18-16-26(22-31(29)35)27-15-17-28(10-4-2)39-23-27/h11-14,16,18-20,22,27-28H,3-10,15,17,21,23H2,1-2H3. The number of benzene rings is 3. The first-order valence-corrected chi connectivity index (χ1v) is 14.6. The van der Waals surface area contributed by atoms with Gasteiger partial charge in [-0.1, -0.05) is 88.8 Å². The molecule has 210 valence electrons. The maximum Gasteiger partial charge on any atom is 0.201 e. The maximum absolute atomic E-state index is 15.1. The van der Waals surface area contributed by atoms with E-state index < -0.39 is 11.6 Å². The van der Waals surface area contributed by atoms with Crippen molar-refractivity contribution in [3.8, 4) is 28.0 Å². The molecule has 2 nitrogen and oxygen atoms in total. The summed E-state index contributed by atoms with van der Waals surface area (Å²) >= 11 is 0. The zero-order valence-electron chi connectivity index (χ0n) is 23.3. The van der Waals surface area contributed by atoms with Gasteiger partial charge in [0.05, 0.1) is 19.3 Å². The van der Waals surface area contributed by atoms with E-state index in [-0.39, 0.29) is 23.0 Å². The maximum atomic E-state index is 15.1. The van der Waals surface area contributed by atoms with Crippen LogP contribution >= 0.6 is 0 Å². The molecular formula is C34H41F3O2. The van der Waals surface area contributed by atoms with E-state index in [1.807, 2.05) is 6.07 Å². The van der Waals surface area contributed by atoms with Gasteiger partial charge in [0.25, 0.3) is 0 Å². The minimum Gasteiger partial charge on any atom is -0.490 e. The molecule has 3 aromatic carbocycles. The molecule has 1 fully saturated rings. The van der Waals surface area contributed by atoms with E-state index in [1.165, 1.54) is 31.4 Å². The monoisotopic (exact) mass is 538 g/mol. The molecule has 1 aliphatic rings. The summed E-state index contributed by atoms with van der Waals surface area (Å²) in [5.41, 5.74) is 2.80. The molecule has 1 aliphatic heterocycles. The Hall–Kier alpha value is -2.79. The van der Waals surface area contributed by atoms with Gasteiger partial charge in [-0.05, 0) is 60.6 Å². The molecule has 39 heavy (non-hydrogen) atoms. The van der Waals surface area contributed by atoms with Gasteiger partial charge in [-0.2, -0.15) is 4.39 Å². The number of halogens is 3. The lowest BCUT2D eigenvalue weighted by Crippen LogP contribution is -2.24. The molecule has 5 heteroatoms. The smallest absolute Gasteiger partial charge is 0.201 e. The van der Waals surface area contributed by atoms with Gasteiger partial charge in [0.1, 0.15) is 5.82 Å². The second kappa shape index (κ2) is 14.6. The molecule has 0 aromatic heterocycles. The highest BCUT2D eigenvalue weighted by Gasteiger charge is 2.23. The fourth-order valence-electron chi connectivity index (χ4n) is 5.40. The van der Waals surface area contributed by atoms with Crippen molar-refractivity contribution in [1.82, 2.24) is 0 Å². The summed E-state index contributed by atoms with van der Waals surface area (Å²) in [7, 11) is 0. The molecule has 0 radical (unpaired) electrons. The summed E-state index contributed by atoms with van der Waals surface area (Å²) in [5, 5.41) is 0. The highest BCUT2D eigenvalue weighted by Crippen LogP contribution is 2.34. The van der Waals surface area contributed by atoms with Crippen LogP contribution in [0.1, 0.15) is 89.5 Å². The number of hydrogen-bond donors (Lipinski definition) is 0. The second-order valence-corrected chi connectivity index (χ2v) is 10.7. The van der Waals surface area contributed by atoms with Crippen LogP contribution in [0.3, 0.4) is 0 Å². The van der Waals surface area contributed by atoms with Gasteiger partial charge in [-0.15, -0.1) is 0 Å². The van der Waals surface area contributed by atoms with Crippen LogP contribution in [0.5, 0.6) is 5.75 Å². The van der Waals surface area contributed by atoms with Gasteiger partial charge in [0.2, 0.25) is 5.82 Å². The van der Waals surface area contributed by atoms with Gasteiger partial charge < -0.3 is 9.47 Å². The Kier molecular flexibility index (Phi) is 10.9. The molecule has 3 aromatic rings. The largest absolute Gasteiger partial charge is 0.490 e. The molecule has 0 amide bonds. The Labute approximate surface area is 231 Å². The third kappa shape index (κ3) is 7.66. The normalized spacial score (nSPS) is 17.4. The van der Waals surface area contributed by atoms with Crippen molar-refractivity contribution in [3.63, 3.8) is 0 Å². The average Bonchev–Trinajstić information content (AvgIpc) is 2.95. The minimum atomic E-state index is -0.975. The predicted molar refractivity (Wildman–Crippen MR) is 153 cm³/mol. The van der Waals surface area contributed by atoms with Crippen molar-refractivity contribution in [2.45, 2.75) is 90.1 Å². The van der Waals surface area contributed by atoms with Gasteiger partial charge >= 0.3 is 0 Å². The van der Waals surface area contributed by atoms with Gasteiger partial charge in [0, 0.05) is 17.0 Å². The average molecular weight is 539 g/mol. The first-order chi connectivity index (χ1) is 19.0. The summed E-state index contributed by atoms with van der Waals surface area (Å²) in [4.78, 5) is 0. The molecular weight excluding hydrogens is 497 g/mol. The summed E-state index contributed by atoms with van der Waals surface area (Å²) in [5.74, 6) is -2.06. The number of ether oxygens (including phenoxy) is 2. The van der Waals surface area contributed by atoms with Crippen LogP contribution in [-0.2, 0) is 4.74 Å². The summed E-state index contributed by atoms with van der Waals surface area (Å²) in [6, 6.07) is 15.3. The molecule has 1 saturated heterocycles. The van der Waals surface area contributed by atoms with Crippen molar-refractivity contribution in [3.05, 3.63) is 77.6 Å². The lowest BCUT2D eigenvalue weighted by molar-refractivity contribution is -0.00115. The Balaban J connectivity index is 1.38. The van der Waals surface area contributed by atoms with E-state index in [1.54, 1.807) is 36.4 Å². The molecule has 4 rings (SSSR count). The van der Waals surface area contributed by atoms with Gasteiger partial charge in [0.15, 0.2) is 11.6 Å². The lowest BCUT2D eigenvalue weighted by atomic mass is 9.89. The SMILES string of the molecule is CCCCCCCCOc1ccc(-c2ccc(-c3ccc(C4CCC(CCC)OC4)cc3F)cc2)c(F)c1F. The Morgan fingerprint density at radius 3 is 2.10 bits per heavy atom. The molecule has 0 aliphatic carbocycles. The first kappa shape index (κ1) is 29.2. The van der Waals surface area contributed by atoms with Crippen molar-refractivity contribution >= 4 is 0 Å². The van der Waals surface area contributed by atoms with E-state index in [9.17, 15) is 8.78 Å². The van der Waals surface area contributed by atoms with E-state index in [4.69, 9.17) is 9.47 Å². The van der Waals surface area contributed by atoms with Crippen molar-refractivity contribution in [1.29, 1.82) is 0 Å². The van der Waals surface area contributed by atoms with E-state index in [0.717, 1.165) is 50.5 Å². The molecule has 2 unspecified atom stereocenters. The minimum absolute atomic E-state index is 0.0622. The van der Waals surface area contributed by atoms with Crippen LogP contribution < -0.4 is 4.74 Å². The summed E-state index contributed by atoms with van der Waals surface area (Å²) < 4.78 is 56.2. The number of unbranched alkanes of at least 4 members (excludes halogenated alkanes) is 5. The van der Waals surface area contributed by atoms with Crippen molar-refractivity contribution in [2.24, 2.45) is 0 Å². The quantitative estimate of drug-likeness (QED) is 0.202. The van der Waals surface area contributed by atoms with Gasteiger partial charge in [-0.3, -0.25) is 0 Å². The molecule has 0 N–H and O–H groups in total. The van der Waals surface area contributed by atoms with Crippen LogP contribution in [0.2, 0.25) is 0 Å². The van der Waals surface area contributed by atoms with E-state index >= 15 is 4.39 Å². The van der Waals surface area contributed by atoms with Crippen molar-refractivity contribution < 1.29 is 22.6 Å². The van der Waals surface area contributed by atoms with Crippen LogP contribution in [0, 0.1) is 17.5 Å². The second-order valence-electron chi connectivity index (χ2n) is 10.7. The Morgan fingerprint density at radius 1 is 0.744 bits per heavy atom. The van der Waals surface area contributed by atoms with Crippen LogP contribution in [0.15, 0.2) is 54.6 Å². The van der Waals surface area contributed by atoms with Crippen molar-refractivity contribution in [2.75, 3.05) is 13.2 Å². The Bertz CT molecular complexity index is 1180. The zero-order valence-corrected chi connectivity index (χ0v) is 23.3. The third-order valence-corrected chi connectivity index (χ3v) is 7.75. The number of hydrogen-bond acceptors (Lipinski definition) is 2. The zero-order chi connectivity index (χ0) is 27.6. The number of rotatable bonds is 13. The predicted octanol–water partition coefficient (Wildman–Crippen LogP) is 10.2. The third-order valence-electron chi connectivity index (χ3n) is 7.75. The molecule has 0 bridgehead atoms. The molecule has 0 saturated carbocycles. The van der Waals surface area contributed by atoms with Crippen LogP contribution in [-0.4, -0.2) is 19.3 Å². The lowest BCUT2D eigenvalue weighted by Gasteiger charge is -2.29. The highest BCUT2D eigenvalue weighted by atomic mass is 19.2. The van der Waals surface area contributed by atoms with Gasteiger partial charge in [-0.25, -0.2) is 8.78 Å². The summed E-state index contributed by atoms with van der Waals surface area (Å²) in [6.07, 6.45) is 11.1. The topological polar surface area (TPSA) is 18.5 Å². The van der Waals surface area contributed by atoms with Crippen LogP contribution in [0.25, 0.3) is 22.3 Å². The summed E-state index contributed by atoms with van der Waals surface area (Å²) in [6.45, 7) is 5.33. The van der Waals surface area contributed by atoms with Crippen LogP contribution in [0.4, 0.5) is 13.2 Å². The fraction of sp³-hybridized carbons (Fsp3) is 0.471. The molecule has 1 heterocycles. The highest BCUT2D eigenvalue weighted by molar-refractivity contribution is 5.71. The van der Waals surface area contributed by atoms with E-state index in [0.29, 0.717) is 36.0 Å². The fourth-order valence-corrected chi connectivity index (χ4v) is 5.40. The van der Waals surface area contributed by atoms with E-state index in [2.05, 4.69) is 13.8 Å². The first-order valence-electron chi connectivity index (χ1n) is 14.6. The molecule has 0 spiro atoms.